The van der Waals surface area contributed by atoms with Crippen molar-refractivity contribution in [1.29, 1.82) is 0 Å². The van der Waals surface area contributed by atoms with Gasteiger partial charge in [0, 0.05) is 18.1 Å². The van der Waals surface area contributed by atoms with Gasteiger partial charge in [0.05, 0.1) is 11.3 Å². The maximum atomic E-state index is 12.5. The molecule has 128 valence electrons. The van der Waals surface area contributed by atoms with Crippen LogP contribution in [-0.4, -0.2) is 36.2 Å². The topological polar surface area (TPSA) is 131 Å². The Morgan fingerprint density at radius 3 is 2.46 bits per heavy atom. The predicted octanol–water partition coefficient (Wildman–Crippen LogP) is 1.34. The van der Waals surface area contributed by atoms with Gasteiger partial charge >= 0.3 is 5.97 Å². The van der Waals surface area contributed by atoms with E-state index in [9.17, 15) is 18.0 Å². The third-order valence-electron chi connectivity index (χ3n) is 3.24. The molecular weight excluding hydrogens is 354 g/mol. The second-order valence-electron chi connectivity index (χ2n) is 4.86. The van der Waals surface area contributed by atoms with Crippen LogP contribution in [0.4, 0.5) is 5.69 Å². The second-order valence-corrected chi connectivity index (χ2v) is 7.39. The molecule has 1 aromatic heterocycles. The molecule has 0 atom stereocenters. The maximum absolute atomic E-state index is 12.5. The van der Waals surface area contributed by atoms with Gasteiger partial charge in [-0.2, -0.15) is 0 Å². The van der Waals surface area contributed by atoms with Crippen molar-refractivity contribution in [2.24, 2.45) is 12.8 Å². The predicted molar refractivity (Wildman–Crippen MR) is 89.9 cm³/mol. The monoisotopic (exact) mass is 369 g/mol. The molecular formula is C14H15N3O5S2. The van der Waals surface area contributed by atoms with Crippen molar-refractivity contribution in [2.45, 2.75) is 9.79 Å². The molecule has 0 fully saturated rings. The SMILES string of the molecule is CSc1cc(C(=O)O)ccc1NS(=O)(=O)c1cc(C(N)=O)n(C)c1. The lowest BCUT2D eigenvalue weighted by atomic mass is 10.2. The Hall–Kier alpha value is -2.46. The molecule has 0 radical (unpaired) electrons. The molecule has 2 rings (SSSR count). The highest BCUT2D eigenvalue weighted by Crippen LogP contribution is 2.29. The van der Waals surface area contributed by atoms with E-state index in [1.165, 1.54) is 53.8 Å². The summed E-state index contributed by atoms with van der Waals surface area (Å²) in [5.41, 5.74) is 5.54. The second kappa shape index (κ2) is 6.57. The summed E-state index contributed by atoms with van der Waals surface area (Å²) >= 11 is 1.21. The highest BCUT2D eigenvalue weighted by molar-refractivity contribution is 7.99. The highest BCUT2D eigenvalue weighted by atomic mass is 32.2. The molecule has 10 heteroatoms. The van der Waals surface area contributed by atoms with Gasteiger partial charge in [-0.3, -0.25) is 9.52 Å². The van der Waals surface area contributed by atoms with E-state index in [2.05, 4.69) is 4.72 Å². The molecule has 4 N–H and O–H groups in total. The summed E-state index contributed by atoms with van der Waals surface area (Å²) in [5.74, 6) is -1.84. The van der Waals surface area contributed by atoms with Crippen LogP contribution >= 0.6 is 11.8 Å². The van der Waals surface area contributed by atoms with E-state index < -0.39 is 21.9 Å². The number of hydrogen-bond donors (Lipinski definition) is 3. The van der Waals surface area contributed by atoms with Crippen molar-refractivity contribution in [1.82, 2.24) is 4.57 Å². The number of nitrogens with one attached hydrogen (secondary N) is 1. The summed E-state index contributed by atoms with van der Waals surface area (Å²) in [5, 5.41) is 9.00. The molecule has 24 heavy (non-hydrogen) atoms. The van der Waals surface area contributed by atoms with Crippen LogP contribution in [0.25, 0.3) is 0 Å². The summed E-state index contributed by atoms with van der Waals surface area (Å²) in [7, 11) is -2.45. The molecule has 0 saturated carbocycles. The molecule has 1 heterocycles. The Kier molecular flexibility index (Phi) is 4.90. The fourth-order valence-corrected chi connectivity index (χ4v) is 3.84. The zero-order chi connectivity index (χ0) is 18.1. The van der Waals surface area contributed by atoms with Gasteiger partial charge in [-0.1, -0.05) is 0 Å². The summed E-state index contributed by atoms with van der Waals surface area (Å²) in [6, 6.07) is 5.24. The van der Waals surface area contributed by atoms with Gasteiger partial charge in [0.25, 0.3) is 15.9 Å². The Bertz CT molecular complexity index is 918. The zero-order valence-electron chi connectivity index (χ0n) is 12.8. The fraction of sp³-hybridized carbons (Fsp3) is 0.143. The molecule has 1 aromatic carbocycles. The van der Waals surface area contributed by atoms with Crippen LogP contribution in [0.2, 0.25) is 0 Å². The third kappa shape index (κ3) is 3.54. The number of hydrogen-bond acceptors (Lipinski definition) is 5. The number of aryl methyl sites for hydroxylation is 1. The van der Waals surface area contributed by atoms with Crippen LogP contribution in [0, 0.1) is 0 Å². The number of benzene rings is 1. The van der Waals surface area contributed by atoms with Crippen LogP contribution in [0.1, 0.15) is 20.8 Å². The van der Waals surface area contributed by atoms with Gasteiger partial charge in [-0.05, 0) is 30.5 Å². The van der Waals surface area contributed by atoms with Crippen molar-refractivity contribution in [3.8, 4) is 0 Å². The van der Waals surface area contributed by atoms with Crippen LogP contribution < -0.4 is 10.5 Å². The van der Waals surface area contributed by atoms with Crippen molar-refractivity contribution < 1.29 is 23.1 Å². The number of thioether (sulfide) groups is 1. The Balaban J connectivity index is 2.41. The lowest BCUT2D eigenvalue weighted by molar-refractivity contribution is 0.0696. The van der Waals surface area contributed by atoms with Gasteiger partial charge in [-0.15, -0.1) is 11.8 Å². The van der Waals surface area contributed by atoms with Crippen LogP contribution in [0.15, 0.2) is 40.3 Å². The Labute approximate surface area is 142 Å². The van der Waals surface area contributed by atoms with E-state index in [-0.39, 0.29) is 21.8 Å². The van der Waals surface area contributed by atoms with E-state index >= 15 is 0 Å². The minimum absolute atomic E-state index is 0.0537. The van der Waals surface area contributed by atoms with E-state index in [0.717, 1.165) is 0 Å². The lowest BCUT2D eigenvalue weighted by Crippen LogP contribution is -2.14. The Morgan fingerprint density at radius 1 is 1.29 bits per heavy atom. The molecule has 0 bridgehead atoms. The average molecular weight is 369 g/mol. The molecule has 8 nitrogen and oxygen atoms in total. The number of rotatable bonds is 6. The smallest absolute Gasteiger partial charge is 0.335 e. The average Bonchev–Trinajstić information content (AvgIpc) is 2.90. The van der Waals surface area contributed by atoms with Crippen molar-refractivity contribution >= 4 is 39.3 Å². The standard InChI is InChI=1S/C14H15N3O5S2/c1-17-7-9(6-11(17)13(15)18)24(21,22)16-10-4-3-8(14(19)20)5-12(10)23-2/h3-7,16H,1-2H3,(H2,15,18)(H,19,20). The van der Waals surface area contributed by atoms with Crippen LogP contribution in [-0.2, 0) is 17.1 Å². The largest absolute Gasteiger partial charge is 0.478 e. The molecule has 0 spiro atoms. The number of primary amides is 1. The third-order valence-corrected chi connectivity index (χ3v) is 5.35. The molecule has 0 unspecified atom stereocenters. The molecule has 0 saturated heterocycles. The van der Waals surface area contributed by atoms with Gasteiger partial charge in [0.1, 0.15) is 10.6 Å². The summed E-state index contributed by atoms with van der Waals surface area (Å²) in [6.07, 6.45) is 2.97. The van der Waals surface area contributed by atoms with E-state index in [1.807, 2.05) is 0 Å². The van der Waals surface area contributed by atoms with E-state index in [4.69, 9.17) is 10.8 Å². The first-order valence-corrected chi connectivity index (χ1v) is 9.27. The van der Waals surface area contributed by atoms with Crippen molar-refractivity contribution in [2.75, 3.05) is 11.0 Å². The van der Waals surface area contributed by atoms with Gasteiger partial charge in [0.15, 0.2) is 0 Å². The lowest BCUT2D eigenvalue weighted by Gasteiger charge is -2.11. The number of carbonyl (C=O) groups excluding carboxylic acids is 1. The number of nitrogens with two attached hydrogens (primary N) is 1. The first-order valence-electron chi connectivity index (χ1n) is 6.56. The van der Waals surface area contributed by atoms with E-state index in [1.54, 1.807) is 6.26 Å². The first-order chi connectivity index (χ1) is 11.2. The normalized spacial score (nSPS) is 11.2. The number of aromatic carboxylic acids is 1. The minimum atomic E-state index is -3.95. The maximum Gasteiger partial charge on any atom is 0.335 e. The number of carboxylic acids is 1. The molecule has 0 aliphatic heterocycles. The quantitative estimate of drug-likeness (QED) is 0.659. The summed E-state index contributed by atoms with van der Waals surface area (Å²) in [4.78, 5) is 22.6. The first kappa shape index (κ1) is 17.9. The van der Waals surface area contributed by atoms with Crippen molar-refractivity contribution in [3.63, 3.8) is 0 Å². The van der Waals surface area contributed by atoms with Gasteiger partial charge in [0.2, 0.25) is 0 Å². The summed E-state index contributed by atoms with van der Waals surface area (Å²) < 4.78 is 28.7. The molecule has 0 aliphatic rings. The van der Waals surface area contributed by atoms with Crippen LogP contribution in [0.5, 0.6) is 0 Å². The highest BCUT2D eigenvalue weighted by Gasteiger charge is 2.21. The number of aromatic nitrogens is 1. The molecule has 0 aliphatic carbocycles. The number of carbonyl (C=O) groups is 2. The fourth-order valence-electron chi connectivity index (χ4n) is 2.04. The molecule has 2 aromatic rings. The number of sulfonamides is 1. The molecule has 1 amide bonds. The Morgan fingerprint density at radius 2 is 1.96 bits per heavy atom. The summed E-state index contributed by atoms with van der Waals surface area (Å²) in [6.45, 7) is 0. The van der Waals surface area contributed by atoms with Crippen LogP contribution in [0.3, 0.4) is 0 Å². The number of carboxylic acid groups (broad SMARTS) is 1. The number of anilines is 1. The number of nitrogens with zero attached hydrogens (tertiary/aromatic N) is 1. The minimum Gasteiger partial charge on any atom is -0.478 e. The van der Waals surface area contributed by atoms with E-state index in [0.29, 0.717) is 4.90 Å². The van der Waals surface area contributed by atoms with Gasteiger partial charge < -0.3 is 15.4 Å². The van der Waals surface area contributed by atoms with Gasteiger partial charge in [-0.25, -0.2) is 13.2 Å². The number of amides is 1. The van der Waals surface area contributed by atoms with Crippen molar-refractivity contribution in [3.05, 3.63) is 41.7 Å². The zero-order valence-corrected chi connectivity index (χ0v) is 14.4.